The number of aryl methyl sites for hydroxylation is 2. The van der Waals surface area contributed by atoms with Gasteiger partial charge in [-0.15, -0.1) is 0 Å². The fourth-order valence-corrected chi connectivity index (χ4v) is 5.19. The molecule has 5 rings (SSSR count). The molecule has 0 bridgehead atoms. The van der Waals surface area contributed by atoms with Crippen molar-refractivity contribution in [3.8, 4) is 0 Å². The summed E-state index contributed by atoms with van der Waals surface area (Å²) in [6.45, 7) is 1.59. The summed E-state index contributed by atoms with van der Waals surface area (Å²) in [7, 11) is 0. The molecule has 2 heterocycles. The van der Waals surface area contributed by atoms with Crippen molar-refractivity contribution < 1.29 is 14.4 Å². The number of nitrogens with one attached hydrogen (secondary N) is 1. The van der Waals surface area contributed by atoms with Crippen LogP contribution in [-0.4, -0.2) is 42.3 Å². The average Bonchev–Trinajstić information content (AvgIpc) is 3.53. The van der Waals surface area contributed by atoms with Crippen molar-refractivity contribution in [2.75, 3.05) is 24.5 Å². The second-order valence-corrected chi connectivity index (χ2v) is 9.13. The van der Waals surface area contributed by atoms with Crippen molar-refractivity contribution in [1.82, 2.24) is 10.2 Å². The van der Waals surface area contributed by atoms with Gasteiger partial charge in [-0.25, -0.2) is 0 Å². The summed E-state index contributed by atoms with van der Waals surface area (Å²) in [6.07, 6.45) is 4.98. The Hall–Kier alpha value is -3.15. The van der Waals surface area contributed by atoms with Gasteiger partial charge in [0, 0.05) is 38.2 Å². The smallest absolute Gasteiger partial charge is 0.227 e. The molecule has 2 aromatic rings. The molecule has 2 fully saturated rings. The first-order chi connectivity index (χ1) is 15.6. The molecule has 32 heavy (non-hydrogen) atoms. The molecule has 6 heteroatoms. The maximum absolute atomic E-state index is 13.2. The van der Waals surface area contributed by atoms with Crippen molar-refractivity contribution in [3.05, 3.63) is 65.2 Å². The van der Waals surface area contributed by atoms with Crippen LogP contribution in [0.2, 0.25) is 0 Å². The van der Waals surface area contributed by atoms with Gasteiger partial charge < -0.3 is 15.1 Å². The number of nitrogens with zero attached hydrogens (tertiary/aromatic N) is 2. The van der Waals surface area contributed by atoms with E-state index in [0.717, 1.165) is 43.5 Å². The summed E-state index contributed by atoms with van der Waals surface area (Å²) in [4.78, 5) is 41.7. The van der Waals surface area contributed by atoms with E-state index in [9.17, 15) is 14.4 Å². The summed E-state index contributed by atoms with van der Waals surface area (Å²) in [5, 5.41) is 3.15. The molecule has 6 nitrogen and oxygen atoms in total. The third kappa shape index (κ3) is 4.14. The van der Waals surface area contributed by atoms with E-state index >= 15 is 0 Å². The largest absolute Gasteiger partial charge is 0.347 e. The molecule has 166 valence electrons. The first-order valence-corrected chi connectivity index (χ1v) is 11.6. The van der Waals surface area contributed by atoms with Crippen LogP contribution in [0.15, 0.2) is 48.5 Å². The lowest BCUT2D eigenvalue weighted by molar-refractivity contribution is -0.130. The Morgan fingerprint density at radius 2 is 1.78 bits per heavy atom. The van der Waals surface area contributed by atoms with Gasteiger partial charge in [0.05, 0.1) is 12.0 Å². The fraction of sp³-hybridized carbons (Fsp3) is 0.423. The third-order valence-corrected chi connectivity index (χ3v) is 6.98. The van der Waals surface area contributed by atoms with Crippen LogP contribution in [0.3, 0.4) is 0 Å². The van der Waals surface area contributed by atoms with Crippen molar-refractivity contribution >= 4 is 23.4 Å². The van der Waals surface area contributed by atoms with Crippen LogP contribution in [0.1, 0.15) is 48.4 Å². The maximum Gasteiger partial charge on any atom is 0.227 e. The highest BCUT2D eigenvalue weighted by atomic mass is 16.2. The number of anilines is 1. The van der Waals surface area contributed by atoms with Crippen LogP contribution in [0.25, 0.3) is 0 Å². The van der Waals surface area contributed by atoms with Gasteiger partial charge in [-0.2, -0.15) is 0 Å². The molecule has 0 saturated carbocycles. The summed E-state index contributed by atoms with van der Waals surface area (Å²) in [5.41, 5.74) is 4.56. The van der Waals surface area contributed by atoms with E-state index in [4.69, 9.17) is 0 Å². The molecule has 3 amide bonds. The Balaban J connectivity index is 1.29. The molecule has 2 saturated heterocycles. The molecule has 2 aromatic carbocycles. The Labute approximate surface area is 188 Å². The fourth-order valence-electron chi connectivity index (χ4n) is 5.19. The van der Waals surface area contributed by atoms with Gasteiger partial charge in [0.2, 0.25) is 17.7 Å². The van der Waals surface area contributed by atoms with Crippen molar-refractivity contribution in [3.63, 3.8) is 0 Å². The standard InChI is InChI=1S/C26H29N3O3/c30-24-10-5-13-28(24)17-23(19-6-2-1-3-7-19)27-26(32)21-15-25(31)29(16-21)22-12-11-18-8-4-9-20(18)14-22/h1-3,6-7,11-12,14,21,23H,4-5,8-10,13,15-17H2,(H,27,32). The zero-order chi connectivity index (χ0) is 22.1. The molecule has 3 aliphatic rings. The first kappa shape index (κ1) is 20.7. The van der Waals surface area contributed by atoms with E-state index in [1.54, 1.807) is 4.90 Å². The zero-order valence-electron chi connectivity index (χ0n) is 18.3. The van der Waals surface area contributed by atoms with Gasteiger partial charge in [-0.3, -0.25) is 14.4 Å². The SMILES string of the molecule is O=C(NC(CN1CCCC1=O)c1ccccc1)C1CC(=O)N(c2ccc3c(c2)CCC3)C1. The number of likely N-dealkylation sites (tertiary alicyclic amines) is 1. The minimum absolute atomic E-state index is 0.00548. The second kappa shape index (κ2) is 8.77. The van der Waals surface area contributed by atoms with Crippen LogP contribution >= 0.6 is 0 Å². The van der Waals surface area contributed by atoms with E-state index in [2.05, 4.69) is 17.4 Å². The lowest BCUT2D eigenvalue weighted by Gasteiger charge is -2.26. The van der Waals surface area contributed by atoms with Crippen LogP contribution in [0.4, 0.5) is 5.69 Å². The van der Waals surface area contributed by atoms with Crippen LogP contribution < -0.4 is 10.2 Å². The topological polar surface area (TPSA) is 69.7 Å². The highest BCUT2D eigenvalue weighted by Gasteiger charge is 2.37. The van der Waals surface area contributed by atoms with E-state index in [-0.39, 0.29) is 30.2 Å². The van der Waals surface area contributed by atoms with Crippen LogP contribution in [0.5, 0.6) is 0 Å². The molecule has 0 aromatic heterocycles. The Morgan fingerprint density at radius 3 is 2.56 bits per heavy atom. The number of hydrogen-bond donors (Lipinski definition) is 1. The molecule has 2 atom stereocenters. The average molecular weight is 432 g/mol. The Kier molecular flexibility index (Phi) is 5.68. The van der Waals surface area contributed by atoms with Crippen LogP contribution in [-0.2, 0) is 27.2 Å². The molecule has 0 radical (unpaired) electrons. The lowest BCUT2D eigenvalue weighted by atomic mass is 10.0. The minimum Gasteiger partial charge on any atom is -0.347 e. The van der Waals surface area contributed by atoms with Gasteiger partial charge in [-0.05, 0) is 54.5 Å². The summed E-state index contributed by atoms with van der Waals surface area (Å²) >= 11 is 0. The summed E-state index contributed by atoms with van der Waals surface area (Å²) in [6, 6.07) is 15.7. The molecular formula is C26H29N3O3. The number of rotatable bonds is 6. The first-order valence-electron chi connectivity index (χ1n) is 11.6. The predicted octanol–water partition coefficient (Wildman–Crippen LogP) is 3.01. The quantitative estimate of drug-likeness (QED) is 0.765. The minimum atomic E-state index is -0.392. The number of benzene rings is 2. The third-order valence-electron chi connectivity index (χ3n) is 6.98. The van der Waals surface area contributed by atoms with Gasteiger partial charge in [0.25, 0.3) is 0 Å². The van der Waals surface area contributed by atoms with E-state index in [1.807, 2.05) is 41.3 Å². The number of carbonyl (C=O) groups is 3. The summed E-state index contributed by atoms with van der Waals surface area (Å²) < 4.78 is 0. The normalized spacial score (nSPS) is 21.2. The van der Waals surface area contributed by atoms with Crippen molar-refractivity contribution in [2.24, 2.45) is 5.92 Å². The number of carbonyl (C=O) groups excluding carboxylic acids is 3. The molecule has 1 aliphatic carbocycles. The molecule has 2 aliphatic heterocycles. The van der Waals surface area contributed by atoms with E-state index in [0.29, 0.717) is 19.5 Å². The molecule has 1 N–H and O–H groups in total. The van der Waals surface area contributed by atoms with Gasteiger partial charge in [0.1, 0.15) is 0 Å². The van der Waals surface area contributed by atoms with Gasteiger partial charge in [0.15, 0.2) is 0 Å². The summed E-state index contributed by atoms with van der Waals surface area (Å²) in [5.74, 6) is -0.383. The number of fused-ring (bicyclic) bond motifs is 1. The molecule has 0 spiro atoms. The predicted molar refractivity (Wildman–Crippen MR) is 122 cm³/mol. The Morgan fingerprint density at radius 1 is 0.969 bits per heavy atom. The highest BCUT2D eigenvalue weighted by Crippen LogP contribution is 2.31. The van der Waals surface area contributed by atoms with E-state index < -0.39 is 5.92 Å². The van der Waals surface area contributed by atoms with Crippen molar-refractivity contribution in [1.29, 1.82) is 0 Å². The zero-order valence-corrected chi connectivity index (χ0v) is 18.3. The highest BCUT2D eigenvalue weighted by molar-refractivity contribution is 6.00. The maximum atomic E-state index is 13.2. The van der Waals surface area contributed by atoms with Gasteiger partial charge >= 0.3 is 0 Å². The van der Waals surface area contributed by atoms with Gasteiger partial charge in [-0.1, -0.05) is 36.4 Å². The van der Waals surface area contributed by atoms with Crippen LogP contribution in [0, 0.1) is 5.92 Å². The van der Waals surface area contributed by atoms with Crippen molar-refractivity contribution in [2.45, 2.75) is 44.6 Å². The lowest BCUT2D eigenvalue weighted by Crippen LogP contribution is -2.41. The Bertz CT molecular complexity index is 1040. The van der Waals surface area contributed by atoms with E-state index in [1.165, 1.54) is 11.1 Å². The molecular weight excluding hydrogens is 402 g/mol. The number of amides is 3. The monoisotopic (exact) mass is 431 g/mol. The molecule has 2 unspecified atom stereocenters. The second-order valence-electron chi connectivity index (χ2n) is 9.13. The number of hydrogen-bond acceptors (Lipinski definition) is 3.